The molecule has 1 fully saturated rings. The quantitative estimate of drug-likeness (QED) is 0.539. The summed E-state index contributed by atoms with van der Waals surface area (Å²) in [6.45, 7) is 8.53. The van der Waals surface area contributed by atoms with Crippen LogP contribution in [-0.2, 0) is 0 Å². The van der Waals surface area contributed by atoms with Crippen LogP contribution in [0, 0.1) is 12.8 Å². The van der Waals surface area contributed by atoms with Gasteiger partial charge in [0.25, 0.3) is 0 Å². The Kier molecular flexibility index (Phi) is 5.56. The van der Waals surface area contributed by atoms with E-state index in [-0.39, 0.29) is 0 Å². The Hall–Kier alpha value is -1.82. The van der Waals surface area contributed by atoms with Gasteiger partial charge in [0.2, 0.25) is 0 Å². The summed E-state index contributed by atoms with van der Waals surface area (Å²) in [5, 5.41) is 0. The molecule has 2 aromatic rings. The van der Waals surface area contributed by atoms with E-state index in [1.165, 1.54) is 66.3 Å². The zero-order valence-corrected chi connectivity index (χ0v) is 15.2. The second-order valence-electron chi connectivity index (χ2n) is 7.42. The van der Waals surface area contributed by atoms with Crippen molar-refractivity contribution < 1.29 is 0 Å². The fraction of sp³-hybridized carbons (Fsp3) is 0.417. The van der Waals surface area contributed by atoms with Crippen LogP contribution in [0.1, 0.15) is 68.1 Å². The summed E-state index contributed by atoms with van der Waals surface area (Å²) in [6.07, 6.45) is 10.3. The highest BCUT2D eigenvalue weighted by molar-refractivity contribution is 5.69. The molecule has 0 amide bonds. The molecule has 0 unspecified atom stereocenters. The molecular weight excluding hydrogens is 288 g/mol. The monoisotopic (exact) mass is 318 g/mol. The van der Waals surface area contributed by atoms with Crippen molar-refractivity contribution in [1.82, 2.24) is 0 Å². The maximum absolute atomic E-state index is 4.08. The van der Waals surface area contributed by atoms with Crippen LogP contribution in [0.25, 0.3) is 17.2 Å². The Morgan fingerprint density at radius 1 is 0.958 bits per heavy atom. The molecule has 0 N–H and O–H groups in total. The lowest BCUT2D eigenvalue weighted by molar-refractivity contribution is 0.308. The maximum Gasteiger partial charge on any atom is -0.0156 e. The van der Waals surface area contributed by atoms with Crippen molar-refractivity contribution in [3.63, 3.8) is 0 Å². The Morgan fingerprint density at radius 3 is 2.25 bits per heavy atom. The number of benzene rings is 2. The zero-order valence-electron chi connectivity index (χ0n) is 15.2. The van der Waals surface area contributed by atoms with Gasteiger partial charge in [-0.3, -0.25) is 0 Å². The largest absolute Gasteiger partial charge is 0.0985 e. The highest BCUT2D eigenvalue weighted by Gasteiger charge is 2.23. The topological polar surface area (TPSA) is 0 Å². The molecule has 0 radical (unpaired) electrons. The van der Waals surface area contributed by atoms with Crippen LogP contribution < -0.4 is 0 Å². The lowest BCUT2D eigenvalue weighted by atomic mass is 9.76. The summed E-state index contributed by atoms with van der Waals surface area (Å²) in [6, 6.07) is 15.8. The van der Waals surface area contributed by atoms with Gasteiger partial charge >= 0.3 is 0 Å². The zero-order chi connectivity index (χ0) is 16.9. The van der Waals surface area contributed by atoms with E-state index in [1.807, 2.05) is 6.08 Å². The number of hydrogen-bond acceptors (Lipinski definition) is 0. The molecule has 0 aliphatic heterocycles. The summed E-state index contributed by atoms with van der Waals surface area (Å²) >= 11 is 0. The molecule has 1 saturated carbocycles. The average Bonchev–Trinajstić information content (AvgIpc) is 2.63. The van der Waals surface area contributed by atoms with E-state index >= 15 is 0 Å². The Balaban J connectivity index is 1.80. The van der Waals surface area contributed by atoms with Gasteiger partial charge in [0.15, 0.2) is 0 Å². The molecule has 0 spiro atoms. The first-order valence-corrected chi connectivity index (χ1v) is 9.54. The Labute approximate surface area is 147 Å². The fourth-order valence-electron chi connectivity index (χ4n) is 4.22. The predicted octanol–water partition coefficient (Wildman–Crippen LogP) is 7.38. The van der Waals surface area contributed by atoms with E-state index in [9.17, 15) is 0 Å². The Morgan fingerprint density at radius 2 is 1.62 bits per heavy atom. The standard InChI is InChI=1S/C24H30/c1-4-6-19-9-13-22(14-10-19)24-16-15-23(17-20(24)5-2)21-11-7-18(3)8-12-21/h5,7-8,11-12,15-17,19,22H,2,4,6,9-10,13-14H2,1,3H3. The maximum atomic E-state index is 4.08. The molecule has 0 nitrogen and oxygen atoms in total. The second kappa shape index (κ2) is 7.83. The van der Waals surface area contributed by atoms with Gasteiger partial charge in [-0.05, 0) is 72.8 Å². The van der Waals surface area contributed by atoms with Crippen molar-refractivity contribution in [2.45, 2.75) is 58.3 Å². The van der Waals surface area contributed by atoms with Gasteiger partial charge < -0.3 is 0 Å². The highest BCUT2D eigenvalue weighted by Crippen LogP contribution is 2.39. The van der Waals surface area contributed by atoms with Crippen molar-refractivity contribution in [3.05, 3.63) is 65.7 Å². The van der Waals surface area contributed by atoms with Crippen LogP contribution in [-0.4, -0.2) is 0 Å². The molecule has 2 aromatic carbocycles. The van der Waals surface area contributed by atoms with Gasteiger partial charge in [-0.2, -0.15) is 0 Å². The number of rotatable bonds is 5. The summed E-state index contributed by atoms with van der Waals surface area (Å²) in [5.41, 5.74) is 6.74. The third kappa shape index (κ3) is 3.80. The van der Waals surface area contributed by atoms with E-state index < -0.39 is 0 Å². The lowest BCUT2D eigenvalue weighted by Gasteiger charge is -2.29. The van der Waals surface area contributed by atoms with Crippen LogP contribution in [0.5, 0.6) is 0 Å². The molecule has 0 aromatic heterocycles. The van der Waals surface area contributed by atoms with Crippen LogP contribution in [0.3, 0.4) is 0 Å². The molecule has 3 rings (SSSR count). The van der Waals surface area contributed by atoms with Crippen LogP contribution >= 0.6 is 0 Å². The lowest BCUT2D eigenvalue weighted by Crippen LogP contribution is -2.14. The number of aryl methyl sites for hydroxylation is 1. The Bertz CT molecular complexity index is 670. The molecule has 0 saturated heterocycles. The normalized spacial score (nSPS) is 20.8. The van der Waals surface area contributed by atoms with Crippen LogP contribution in [0.15, 0.2) is 49.0 Å². The summed E-state index contributed by atoms with van der Waals surface area (Å²) in [5.74, 6) is 1.68. The van der Waals surface area contributed by atoms with Crippen molar-refractivity contribution >= 4 is 6.08 Å². The fourth-order valence-corrected chi connectivity index (χ4v) is 4.22. The smallest absolute Gasteiger partial charge is 0.0156 e. The van der Waals surface area contributed by atoms with Gasteiger partial charge in [0.1, 0.15) is 0 Å². The van der Waals surface area contributed by atoms with E-state index in [4.69, 9.17) is 0 Å². The molecular formula is C24H30. The minimum Gasteiger partial charge on any atom is -0.0985 e. The van der Waals surface area contributed by atoms with Gasteiger partial charge in [0, 0.05) is 0 Å². The van der Waals surface area contributed by atoms with Crippen LogP contribution in [0.4, 0.5) is 0 Å². The minimum absolute atomic E-state index is 0.721. The first-order chi connectivity index (χ1) is 11.7. The molecule has 1 aliphatic rings. The molecule has 24 heavy (non-hydrogen) atoms. The van der Waals surface area contributed by atoms with Gasteiger partial charge in [0.05, 0.1) is 0 Å². The van der Waals surface area contributed by atoms with Crippen molar-refractivity contribution in [2.75, 3.05) is 0 Å². The first kappa shape index (κ1) is 17.0. The molecule has 0 heteroatoms. The second-order valence-corrected chi connectivity index (χ2v) is 7.42. The SMILES string of the molecule is C=Cc1cc(-c2ccc(C)cc2)ccc1C1CCC(CCC)CC1. The first-order valence-electron chi connectivity index (χ1n) is 9.54. The van der Waals surface area contributed by atoms with Crippen molar-refractivity contribution in [3.8, 4) is 11.1 Å². The van der Waals surface area contributed by atoms with E-state index in [2.05, 4.69) is 62.9 Å². The summed E-state index contributed by atoms with van der Waals surface area (Å²) in [7, 11) is 0. The van der Waals surface area contributed by atoms with Crippen molar-refractivity contribution in [2.24, 2.45) is 5.92 Å². The van der Waals surface area contributed by atoms with Gasteiger partial charge in [-0.25, -0.2) is 0 Å². The third-order valence-corrected chi connectivity index (χ3v) is 5.68. The third-order valence-electron chi connectivity index (χ3n) is 5.68. The molecule has 0 heterocycles. The number of hydrogen-bond donors (Lipinski definition) is 0. The van der Waals surface area contributed by atoms with E-state index in [1.54, 1.807) is 0 Å². The highest BCUT2D eigenvalue weighted by atomic mass is 14.3. The average molecular weight is 319 g/mol. The van der Waals surface area contributed by atoms with Crippen molar-refractivity contribution in [1.29, 1.82) is 0 Å². The molecule has 0 atom stereocenters. The molecule has 1 aliphatic carbocycles. The van der Waals surface area contributed by atoms with Gasteiger partial charge in [-0.15, -0.1) is 0 Å². The predicted molar refractivity (Wildman–Crippen MR) is 106 cm³/mol. The van der Waals surface area contributed by atoms with E-state index in [0.717, 1.165) is 11.8 Å². The van der Waals surface area contributed by atoms with Crippen LogP contribution in [0.2, 0.25) is 0 Å². The minimum atomic E-state index is 0.721. The molecule has 126 valence electrons. The van der Waals surface area contributed by atoms with E-state index in [0.29, 0.717) is 0 Å². The summed E-state index contributed by atoms with van der Waals surface area (Å²) < 4.78 is 0. The van der Waals surface area contributed by atoms with Gasteiger partial charge in [-0.1, -0.05) is 74.4 Å². The molecule has 0 bridgehead atoms. The summed E-state index contributed by atoms with van der Waals surface area (Å²) in [4.78, 5) is 0.